The fourth-order valence-corrected chi connectivity index (χ4v) is 4.64. The lowest BCUT2D eigenvalue weighted by Gasteiger charge is -2.32. The van der Waals surface area contributed by atoms with Crippen LogP contribution in [0.1, 0.15) is 62.5 Å². The molecule has 1 heterocycles. The van der Waals surface area contributed by atoms with Crippen LogP contribution in [0.2, 0.25) is 0 Å². The minimum Gasteiger partial charge on any atom is -0.395 e. The SMILES string of the molecule is Cc1ccc(CNC(CC2CCCCC2)CN2CCCC2CO)cc1. The number of aryl methyl sites for hydroxylation is 1. The van der Waals surface area contributed by atoms with Crippen molar-refractivity contribution >= 4 is 0 Å². The zero-order chi connectivity index (χ0) is 17.5. The van der Waals surface area contributed by atoms with Gasteiger partial charge in [0.1, 0.15) is 0 Å². The molecule has 1 aliphatic heterocycles. The average molecular weight is 345 g/mol. The van der Waals surface area contributed by atoms with Gasteiger partial charge in [-0.05, 0) is 44.2 Å². The summed E-state index contributed by atoms with van der Waals surface area (Å²) in [5.74, 6) is 0.888. The molecular weight excluding hydrogens is 308 g/mol. The Bertz CT molecular complexity index is 495. The van der Waals surface area contributed by atoms with E-state index < -0.39 is 0 Å². The van der Waals surface area contributed by atoms with Crippen LogP contribution in [0.4, 0.5) is 0 Å². The Kier molecular flexibility index (Phi) is 7.33. The van der Waals surface area contributed by atoms with E-state index in [0.29, 0.717) is 18.7 Å². The Morgan fingerprint density at radius 2 is 1.84 bits per heavy atom. The summed E-state index contributed by atoms with van der Waals surface area (Å²) in [5, 5.41) is 13.5. The monoisotopic (exact) mass is 344 g/mol. The molecule has 0 radical (unpaired) electrons. The molecule has 2 N–H and O–H groups in total. The van der Waals surface area contributed by atoms with Crippen LogP contribution >= 0.6 is 0 Å². The van der Waals surface area contributed by atoms with Gasteiger partial charge in [-0.25, -0.2) is 0 Å². The average Bonchev–Trinajstić information content (AvgIpc) is 3.09. The largest absolute Gasteiger partial charge is 0.395 e. The molecule has 0 spiro atoms. The van der Waals surface area contributed by atoms with Crippen LogP contribution in [0.15, 0.2) is 24.3 Å². The van der Waals surface area contributed by atoms with Crippen molar-refractivity contribution in [2.24, 2.45) is 5.92 Å². The van der Waals surface area contributed by atoms with Crippen LogP contribution < -0.4 is 5.32 Å². The van der Waals surface area contributed by atoms with Crippen LogP contribution in [-0.4, -0.2) is 41.8 Å². The van der Waals surface area contributed by atoms with Gasteiger partial charge in [0.25, 0.3) is 0 Å². The van der Waals surface area contributed by atoms with Crippen molar-refractivity contribution in [3.8, 4) is 0 Å². The molecule has 0 amide bonds. The van der Waals surface area contributed by atoms with E-state index in [4.69, 9.17) is 0 Å². The lowest BCUT2D eigenvalue weighted by atomic mass is 9.84. The summed E-state index contributed by atoms with van der Waals surface area (Å²) in [5.41, 5.74) is 2.70. The van der Waals surface area contributed by atoms with E-state index in [9.17, 15) is 5.11 Å². The molecule has 1 aliphatic carbocycles. The van der Waals surface area contributed by atoms with Crippen molar-refractivity contribution in [2.75, 3.05) is 19.7 Å². The maximum absolute atomic E-state index is 9.64. The minimum absolute atomic E-state index is 0.314. The van der Waals surface area contributed by atoms with Gasteiger partial charge in [-0.1, -0.05) is 61.9 Å². The van der Waals surface area contributed by atoms with Crippen molar-refractivity contribution in [3.63, 3.8) is 0 Å². The van der Waals surface area contributed by atoms with Crippen LogP contribution in [0.25, 0.3) is 0 Å². The molecule has 0 bridgehead atoms. The molecule has 2 fully saturated rings. The van der Waals surface area contributed by atoms with Gasteiger partial charge < -0.3 is 10.4 Å². The lowest BCUT2D eigenvalue weighted by Crippen LogP contribution is -2.44. The number of hydrogen-bond donors (Lipinski definition) is 2. The second-order valence-corrected chi connectivity index (χ2v) is 8.28. The summed E-state index contributed by atoms with van der Waals surface area (Å²) in [4.78, 5) is 2.52. The number of nitrogens with one attached hydrogen (secondary N) is 1. The van der Waals surface area contributed by atoms with E-state index in [1.165, 1.54) is 56.1 Å². The molecule has 2 atom stereocenters. The van der Waals surface area contributed by atoms with Gasteiger partial charge in [-0.15, -0.1) is 0 Å². The van der Waals surface area contributed by atoms with E-state index in [1.807, 2.05) is 0 Å². The summed E-state index contributed by atoms with van der Waals surface area (Å²) in [6.07, 6.45) is 10.8. The van der Waals surface area contributed by atoms with Gasteiger partial charge in [-0.2, -0.15) is 0 Å². The first-order chi connectivity index (χ1) is 12.2. The van der Waals surface area contributed by atoms with Crippen molar-refractivity contribution in [1.29, 1.82) is 0 Å². The van der Waals surface area contributed by atoms with Crippen molar-refractivity contribution < 1.29 is 5.11 Å². The number of benzene rings is 1. The molecule has 2 unspecified atom stereocenters. The van der Waals surface area contributed by atoms with Gasteiger partial charge in [0.15, 0.2) is 0 Å². The van der Waals surface area contributed by atoms with Crippen molar-refractivity contribution in [3.05, 3.63) is 35.4 Å². The number of likely N-dealkylation sites (tertiary alicyclic amines) is 1. The Labute approximate surface area is 153 Å². The molecule has 2 aliphatic rings. The highest BCUT2D eigenvalue weighted by atomic mass is 16.3. The Balaban J connectivity index is 1.57. The Morgan fingerprint density at radius 3 is 2.56 bits per heavy atom. The third-order valence-corrected chi connectivity index (χ3v) is 6.22. The fourth-order valence-electron chi connectivity index (χ4n) is 4.64. The highest BCUT2D eigenvalue weighted by molar-refractivity contribution is 5.21. The van der Waals surface area contributed by atoms with Crippen molar-refractivity contribution in [2.45, 2.75) is 76.9 Å². The van der Waals surface area contributed by atoms with Crippen molar-refractivity contribution in [1.82, 2.24) is 10.2 Å². The number of hydrogen-bond acceptors (Lipinski definition) is 3. The number of rotatable bonds is 8. The first-order valence-corrected chi connectivity index (χ1v) is 10.4. The molecule has 3 rings (SSSR count). The molecule has 3 heteroatoms. The number of nitrogens with zero attached hydrogens (tertiary/aromatic N) is 1. The van der Waals surface area contributed by atoms with Crippen LogP contribution in [-0.2, 0) is 6.54 Å². The minimum atomic E-state index is 0.314. The molecule has 1 saturated heterocycles. The number of aliphatic hydroxyl groups excluding tert-OH is 1. The van der Waals surface area contributed by atoms with E-state index in [-0.39, 0.29) is 0 Å². The van der Waals surface area contributed by atoms with E-state index in [0.717, 1.165) is 32.0 Å². The van der Waals surface area contributed by atoms with E-state index in [2.05, 4.69) is 41.4 Å². The molecule has 1 aromatic rings. The quantitative estimate of drug-likeness (QED) is 0.751. The molecule has 25 heavy (non-hydrogen) atoms. The second kappa shape index (κ2) is 9.70. The second-order valence-electron chi connectivity index (χ2n) is 8.28. The van der Waals surface area contributed by atoms with Gasteiger partial charge in [0.2, 0.25) is 0 Å². The summed E-state index contributed by atoms with van der Waals surface area (Å²) in [6.45, 7) is 5.65. The normalized spacial score (nSPS) is 23.8. The maximum atomic E-state index is 9.64. The molecule has 0 aromatic heterocycles. The van der Waals surface area contributed by atoms with E-state index in [1.54, 1.807) is 0 Å². The van der Waals surface area contributed by atoms with Gasteiger partial charge in [-0.3, -0.25) is 4.90 Å². The Hall–Kier alpha value is -0.900. The van der Waals surface area contributed by atoms with Crippen LogP contribution in [0, 0.1) is 12.8 Å². The molecule has 140 valence electrons. The summed E-state index contributed by atoms with van der Waals surface area (Å²) < 4.78 is 0. The zero-order valence-electron chi connectivity index (χ0n) is 15.9. The zero-order valence-corrected chi connectivity index (χ0v) is 15.9. The van der Waals surface area contributed by atoms with Crippen LogP contribution in [0.3, 0.4) is 0 Å². The van der Waals surface area contributed by atoms with Gasteiger partial charge >= 0.3 is 0 Å². The highest BCUT2D eigenvalue weighted by Crippen LogP contribution is 2.28. The van der Waals surface area contributed by atoms with Gasteiger partial charge in [0.05, 0.1) is 6.61 Å². The summed E-state index contributed by atoms with van der Waals surface area (Å²) in [7, 11) is 0. The first-order valence-electron chi connectivity index (χ1n) is 10.4. The first kappa shape index (κ1) is 18.9. The standard InChI is InChI=1S/C22H36N2O/c1-18-9-11-20(12-10-18)15-23-21(14-19-6-3-2-4-7-19)16-24-13-5-8-22(24)17-25/h9-12,19,21-23,25H,2-8,13-17H2,1H3. The number of aliphatic hydroxyl groups is 1. The predicted octanol–water partition coefficient (Wildman–Crippen LogP) is 3.88. The lowest BCUT2D eigenvalue weighted by molar-refractivity contribution is 0.140. The summed E-state index contributed by atoms with van der Waals surface area (Å²) >= 11 is 0. The third kappa shape index (κ3) is 5.80. The molecular formula is C22H36N2O. The molecule has 3 nitrogen and oxygen atoms in total. The Morgan fingerprint density at radius 1 is 1.08 bits per heavy atom. The maximum Gasteiger partial charge on any atom is 0.0586 e. The van der Waals surface area contributed by atoms with Gasteiger partial charge in [0, 0.05) is 25.2 Å². The van der Waals surface area contributed by atoms with Crippen LogP contribution in [0.5, 0.6) is 0 Å². The smallest absolute Gasteiger partial charge is 0.0586 e. The molecule has 1 aromatic carbocycles. The predicted molar refractivity (Wildman–Crippen MR) is 105 cm³/mol. The third-order valence-electron chi connectivity index (χ3n) is 6.22. The summed E-state index contributed by atoms with van der Waals surface area (Å²) in [6, 6.07) is 9.82. The highest BCUT2D eigenvalue weighted by Gasteiger charge is 2.27. The topological polar surface area (TPSA) is 35.5 Å². The fraction of sp³-hybridized carbons (Fsp3) is 0.727. The van der Waals surface area contributed by atoms with E-state index >= 15 is 0 Å². The molecule has 1 saturated carbocycles.